The Morgan fingerprint density at radius 1 is 1.40 bits per heavy atom. The lowest BCUT2D eigenvalue weighted by Gasteiger charge is -2.30. The fourth-order valence-corrected chi connectivity index (χ4v) is 2.97. The van der Waals surface area contributed by atoms with Gasteiger partial charge in [0.1, 0.15) is 6.10 Å². The zero-order valence-corrected chi connectivity index (χ0v) is 9.49. The van der Waals surface area contributed by atoms with Crippen LogP contribution in [0.15, 0.2) is 0 Å². The number of fused-ring (bicyclic) bond motifs is 2. The number of carbonyl (C=O) groups is 1. The van der Waals surface area contributed by atoms with Gasteiger partial charge in [-0.3, -0.25) is 8.98 Å². The predicted octanol–water partition coefficient (Wildman–Crippen LogP) is 0.303. The molecule has 2 fully saturated rings. The van der Waals surface area contributed by atoms with Crippen molar-refractivity contribution in [3.8, 4) is 0 Å². The Morgan fingerprint density at radius 3 is 2.67 bits per heavy atom. The van der Waals surface area contributed by atoms with Gasteiger partial charge < -0.3 is 4.74 Å². The van der Waals surface area contributed by atoms with Crippen LogP contribution in [0.2, 0.25) is 0 Å². The molecule has 0 N–H and O–H groups in total. The van der Waals surface area contributed by atoms with Crippen molar-refractivity contribution in [3.63, 3.8) is 0 Å². The van der Waals surface area contributed by atoms with Crippen molar-refractivity contribution in [1.29, 1.82) is 0 Å². The van der Waals surface area contributed by atoms with Crippen LogP contribution in [0.25, 0.3) is 0 Å². The van der Waals surface area contributed by atoms with Crippen molar-refractivity contribution in [1.82, 2.24) is 0 Å². The first-order chi connectivity index (χ1) is 6.87. The summed E-state index contributed by atoms with van der Waals surface area (Å²) in [4.78, 5) is 11.3. The second-order valence-electron chi connectivity index (χ2n) is 4.34. The van der Waals surface area contributed by atoms with E-state index >= 15 is 0 Å². The van der Waals surface area contributed by atoms with Crippen molar-refractivity contribution in [2.75, 3.05) is 6.26 Å². The third-order valence-electron chi connectivity index (χ3n) is 3.11. The third kappa shape index (κ3) is 2.15. The van der Waals surface area contributed by atoms with Gasteiger partial charge in [0.15, 0.2) is 0 Å². The molecule has 1 heterocycles. The van der Waals surface area contributed by atoms with E-state index in [2.05, 4.69) is 0 Å². The first kappa shape index (κ1) is 10.9. The molecule has 0 aromatic rings. The smallest absolute Gasteiger partial charge is 0.309 e. The van der Waals surface area contributed by atoms with Crippen LogP contribution < -0.4 is 0 Å². The number of carbonyl (C=O) groups excluding carboxylic acids is 1. The summed E-state index contributed by atoms with van der Waals surface area (Å²) in [5, 5.41) is 0. The SMILES string of the molecule is C[C@@H]1[C@H]2C[C@H](C[C@H]1OS(C)(=O)=O)C(=O)O2. The average Bonchev–Trinajstić information content (AvgIpc) is 2.38. The molecule has 0 aromatic heterocycles. The average molecular weight is 234 g/mol. The van der Waals surface area contributed by atoms with Crippen LogP contribution in [0.4, 0.5) is 0 Å². The Hall–Kier alpha value is -0.620. The van der Waals surface area contributed by atoms with E-state index in [-0.39, 0.29) is 23.9 Å². The molecular weight excluding hydrogens is 220 g/mol. The Labute approximate surface area is 88.9 Å². The molecule has 2 rings (SSSR count). The van der Waals surface area contributed by atoms with E-state index in [0.29, 0.717) is 12.8 Å². The highest BCUT2D eigenvalue weighted by Gasteiger charge is 2.47. The van der Waals surface area contributed by atoms with Crippen LogP contribution in [0, 0.1) is 11.8 Å². The van der Waals surface area contributed by atoms with E-state index < -0.39 is 16.2 Å². The van der Waals surface area contributed by atoms with Crippen molar-refractivity contribution >= 4 is 16.1 Å². The second kappa shape index (κ2) is 3.45. The van der Waals surface area contributed by atoms with Crippen molar-refractivity contribution < 1.29 is 22.1 Å². The molecule has 1 saturated heterocycles. The van der Waals surface area contributed by atoms with Crippen LogP contribution in [0.5, 0.6) is 0 Å². The van der Waals surface area contributed by atoms with Crippen molar-refractivity contribution in [2.45, 2.75) is 32.0 Å². The molecule has 0 amide bonds. The molecule has 0 aromatic carbocycles. The molecule has 1 aliphatic carbocycles. The maximum Gasteiger partial charge on any atom is 0.309 e. The largest absolute Gasteiger partial charge is 0.462 e. The number of hydrogen-bond donors (Lipinski definition) is 0. The van der Waals surface area contributed by atoms with Gasteiger partial charge in [0.2, 0.25) is 0 Å². The highest BCUT2D eigenvalue weighted by molar-refractivity contribution is 7.86. The summed E-state index contributed by atoms with van der Waals surface area (Å²) in [5.41, 5.74) is 0. The van der Waals surface area contributed by atoms with Crippen LogP contribution in [0.3, 0.4) is 0 Å². The summed E-state index contributed by atoms with van der Waals surface area (Å²) in [6.07, 6.45) is 1.57. The third-order valence-corrected chi connectivity index (χ3v) is 3.70. The summed E-state index contributed by atoms with van der Waals surface area (Å²) in [7, 11) is -3.46. The molecule has 86 valence electrons. The topological polar surface area (TPSA) is 69.7 Å². The van der Waals surface area contributed by atoms with E-state index in [1.165, 1.54) is 0 Å². The summed E-state index contributed by atoms with van der Waals surface area (Å²) in [6.45, 7) is 1.86. The lowest BCUT2D eigenvalue weighted by molar-refractivity contribution is -0.144. The molecule has 5 nitrogen and oxygen atoms in total. The van der Waals surface area contributed by atoms with Gasteiger partial charge in [-0.2, -0.15) is 8.42 Å². The molecule has 0 radical (unpaired) electrons. The number of esters is 1. The second-order valence-corrected chi connectivity index (χ2v) is 5.94. The minimum atomic E-state index is -3.46. The summed E-state index contributed by atoms with van der Waals surface area (Å²) >= 11 is 0. The highest BCUT2D eigenvalue weighted by Crippen LogP contribution is 2.39. The molecule has 0 unspecified atom stereocenters. The minimum absolute atomic E-state index is 0.0533. The van der Waals surface area contributed by atoms with Gasteiger partial charge in [-0.25, -0.2) is 0 Å². The van der Waals surface area contributed by atoms with E-state index in [0.717, 1.165) is 6.26 Å². The van der Waals surface area contributed by atoms with Gasteiger partial charge >= 0.3 is 5.97 Å². The minimum Gasteiger partial charge on any atom is -0.462 e. The monoisotopic (exact) mass is 234 g/mol. The zero-order chi connectivity index (χ0) is 11.2. The summed E-state index contributed by atoms with van der Waals surface area (Å²) < 4.78 is 32.1. The molecule has 2 aliphatic rings. The Morgan fingerprint density at radius 2 is 2.07 bits per heavy atom. The first-order valence-electron chi connectivity index (χ1n) is 4.95. The Kier molecular flexibility index (Phi) is 2.50. The van der Waals surface area contributed by atoms with E-state index in [4.69, 9.17) is 8.92 Å². The fourth-order valence-electron chi connectivity index (χ4n) is 2.27. The molecule has 2 bridgehead atoms. The molecule has 6 heteroatoms. The molecule has 0 spiro atoms. The van der Waals surface area contributed by atoms with Crippen molar-refractivity contribution in [3.05, 3.63) is 0 Å². The molecule has 15 heavy (non-hydrogen) atoms. The number of ether oxygens (including phenoxy) is 1. The predicted molar refractivity (Wildman–Crippen MR) is 51.5 cm³/mol. The number of rotatable bonds is 2. The van der Waals surface area contributed by atoms with Gasteiger partial charge in [-0.1, -0.05) is 6.92 Å². The van der Waals surface area contributed by atoms with Gasteiger partial charge in [0.25, 0.3) is 10.1 Å². The van der Waals surface area contributed by atoms with Gasteiger partial charge in [-0.15, -0.1) is 0 Å². The molecular formula is C9H14O5S. The highest BCUT2D eigenvalue weighted by atomic mass is 32.2. The van der Waals surface area contributed by atoms with Gasteiger partial charge in [-0.05, 0) is 12.8 Å². The van der Waals surface area contributed by atoms with Crippen molar-refractivity contribution in [2.24, 2.45) is 11.8 Å². The summed E-state index contributed by atoms with van der Waals surface area (Å²) in [6, 6.07) is 0. The zero-order valence-electron chi connectivity index (χ0n) is 8.67. The fraction of sp³-hybridized carbons (Fsp3) is 0.889. The van der Waals surface area contributed by atoms with Crippen LogP contribution in [-0.2, 0) is 23.8 Å². The van der Waals surface area contributed by atoms with Gasteiger partial charge in [0, 0.05) is 5.92 Å². The van der Waals surface area contributed by atoms with E-state index in [9.17, 15) is 13.2 Å². The normalized spacial score (nSPS) is 40.3. The Bertz CT molecular complexity index is 374. The van der Waals surface area contributed by atoms with Crippen LogP contribution in [-0.4, -0.2) is 32.9 Å². The van der Waals surface area contributed by atoms with Crippen LogP contribution in [0.1, 0.15) is 19.8 Å². The van der Waals surface area contributed by atoms with E-state index in [1.807, 2.05) is 6.92 Å². The molecule has 1 saturated carbocycles. The Balaban J connectivity index is 2.12. The van der Waals surface area contributed by atoms with Gasteiger partial charge in [0.05, 0.1) is 18.3 Å². The first-order valence-corrected chi connectivity index (χ1v) is 6.77. The number of hydrogen-bond acceptors (Lipinski definition) is 5. The lowest BCUT2D eigenvalue weighted by Crippen LogP contribution is -2.37. The summed E-state index contributed by atoms with van der Waals surface area (Å²) in [5.74, 6) is -0.452. The quantitative estimate of drug-likeness (QED) is 0.508. The maximum absolute atomic E-state index is 11.3. The lowest BCUT2D eigenvalue weighted by atomic mass is 9.81. The standard InChI is InChI=1S/C9H14O5S/c1-5-7-3-6(9(10)13-7)4-8(5)14-15(2,11)12/h5-8H,3-4H2,1-2H3/t5-,6-,7-,8-/m1/s1. The van der Waals surface area contributed by atoms with Crippen LogP contribution >= 0.6 is 0 Å². The molecule has 1 aliphatic heterocycles. The molecule has 4 atom stereocenters. The van der Waals surface area contributed by atoms with E-state index in [1.54, 1.807) is 0 Å². The maximum atomic E-state index is 11.3.